The number of halogens is 2. The molecule has 0 saturated heterocycles. The third kappa shape index (κ3) is 4.28. The van der Waals surface area contributed by atoms with Crippen molar-refractivity contribution in [2.45, 2.75) is 20.0 Å². The molecular formula is C13H13Cl2OTi. The molecule has 0 fully saturated rings. The van der Waals surface area contributed by atoms with Crippen molar-refractivity contribution in [2.75, 3.05) is 0 Å². The molecule has 0 atom stereocenters. The quantitative estimate of drug-likeness (QED) is 0.557. The number of hydrogen-bond donors (Lipinski definition) is 0. The fourth-order valence-electron chi connectivity index (χ4n) is 1.89. The van der Waals surface area contributed by atoms with E-state index < -0.39 is 0 Å². The Morgan fingerprint density at radius 2 is 1.94 bits per heavy atom. The molecule has 0 radical (unpaired) electrons. The van der Waals surface area contributed by atoms with Crippen LogP contribution in [0.25, 0.3) is 5.57 Å². The van der Waals surface area contributed by atoms with Gasteiger partial charge in [0.2, 0.25) is 0 Å². The second kappa shape index (κ2) is 8.13. The predicted molar refractivity (Wildman–Crippen MR) is 57.6 cm³/mol. The summed E-state index contributed by atoms with van der Waals surface area (Å²) in [7, 11) is 0. The third-order valence-electron chi connectivity index (χ3n) is 2.64. The van der Waals surface area contributed by atoms with Crippen LogP contribution >= 0.6 is 0 Å². The van der Waals surface area contributed by atoms with E-state index >= 15 is 0 Å². The topological polar surface area (TPSA) is 9.23 Å². The number of hydrogen-bond acceptors (Lipinski definition) is 1. The normalized spacial score (nSPS) is 13.4. The molecule has 0 N–H and O–H groups in total. The first kappa shape index (κ1) is 17.0. The van der Waals surface area contributed by atoms with Crippen molar-refractivity contribution in [3.63, 3.8) is 0 Å². The molecule has 4 heteroatoms. The van der Waals surface area contributed by atoms with Crippen LogP contribution in [-0.4, -0.2) is 0 Å². The van der Waals surface area contributed by atoms with Gasteiger partial charge in [0, 0.05) is 0 Å². The van der Waals surface area contributed by atoms with Crippen molar-refractivity contribution >= 4 is 5.57 Å². The van der Waals surface area contributed by atoms with Crippen molar-refractivity contribution in [1.82, 2.24) is 0 Å². The molecule has 17 heavy (non-hydrogen) atoms. The molecular weight excluding hydrogens is 291 g/mol. The smallest absolute Gasteiger partial charge is 1.00 e. The second-order valence-corrected chi connectivity index (χ2v) is 4.22. The Balaban J connectivity index is 0.00000128. The third-order valence-corrected chi connectivity index (χ3v) is 2.86. The van der Waals surface area contributed by atoms with Crippen LogP contribution in [0, 0.1) is 0 Å². The van der Waals surface area contributed by atoms with Gasteiger partial charge in [-0.2, -0.15) is 0 Å². The Morgan fingerprint density at radius 3 is 2.53 bits per heavy atom. The minimum absolute atomic E-state index is 0. The van der Waals surface area contributed by atoms with Gasteiger partial charge in [0.15, 0.2) is 0 Å². The summed E-state index contributed by atoms with van der Waals surface area (Å²) in [4.78, 5) is 0. The summed E-state index contributed by atoms with van der Waals surface area (Å²) in [5.74, 6) is 0. The van der Waals surface area contributed by atoms with E-state index in [1.165, 1.54) is 22.3 Å². The molecule has 0 aromatic heterocycles. The Morgan fingerprint density at radius 1 is 1.24 bits per heavy atom. The average molecular weight is 304 g/mol. The second-order valence-electron chi connectivity index (χ2n) is 3.77. The maximum absolute atomic E-state index is 5.21. The van der Waals surface area contributed by atoms with E-state index in [9.17, 15) is 0 Å². The van der Waals surface area contributed by atoms with Crippen molar-refractivity contribution in [3.05, 3.63) is 53.1 Å². The molecule has 1 nitrogen and oxygen atoms in total. The van der Waals surface area contributed by atoms with Gasteiger partial charge in [-0.05, 0) is 0 Å². The van der Waals surface area contributed by atoms with E-state index in [4.69, 9.17) is 3.32 Å². The molecule has 0 spiro atoms. The molecule has 0 saturated carbocycles. The average Bonchev–Trinajstić information content (AvgIpc) is 2.66. The first-order chi connectivity index (χ1) is 7.31. The standard InChI is InChI=1S/C13H13O.2ClH.Ti/c1-10-6-7-11(8-10)13-5-3-2-4-12(13)9-14;;;/h2-6,8H,7,9H2,1H3;2*1H;/q-1;;;+3/p-2. The number of rotatable bonds is 3. The largest absolute Gasteiger partial charge is 1.00 e. The van der Waals surface area contributed by atoms with E-state index in [1.54, 1.807) is 20.8 Å². The fraction of sp³-hybridized carbons (Fsp3) is 0.231. The van der Waals surface area contributed by atoms with Gasteiger partial charge < -0.3 is 24.8 Å². The molecule has 89 valence electrons. The summed E-state index contributed by atoms with van der Waals surface area (Å²) >= 11 is 1.74. The molecule has 2 rings (SSSR count). The summed E-state index contributed by atoms with van der Waals surface area (Å²) in [6.45, 7) is 2.83. The van der Waals surface area contributed by atoms with Gasteiger partial charge in [0.05, 0.1) is 0 Å². The molecule has 1 aliphatic carbocycles. The van der Waals surface area contributed by atoms with Crippen molar-refractivity contribution in [2.24, 2.45) is 0 Å². The van der Waals surface area contributed by atoms with Crippen molar-refractivity contribution in [1.29, 1.82) is 0 Å². The summed E-state index contributed by atoms with van der Waals surface area (Å²) < 4.78 is 5.21. The maximum Gasteiger partial charge on any atom is -1.00 e. The summed E-state index contributed by atoms with van der Waals surface area (Å²) in [5, 5.41) is 0. The Labute approximate surface area is 127 Å². The number of benzene rings is 1. The fourth-order valence-corrected chi connectivity index (χ4v) is 2.13. The van der Waals surface area contributed by atoms with Crippen LogP contribution in [-0.2, 0) is 30.7 Å². The van der Waals surface area contributed by atoms with E-state index in [2.05, 4.69) is 43.3 Å². The number of allylic oxidation sites excluding steroid dienone is 4. The zero-order chi connectivity index (χ0) is 10.7. The molecule has 1 aromatic carbocycles. The molecule has 0 unspecified atom stereocenters. The zero-order valence-electron chi connectivity index (χ0n) is 9.54. The molecule has 0 bridgehead atoms. The van der Waals surface area contributed by atoms with Crippen LogP contribution in [0.3, 0.4) is 0 Å². The summed E-state index contributed by atoms with van der Waals surface area (Å²) in [5.41, 5.74) is 5.36. The van der Waals surface area contributed by atoms with Crippen LogP contribution in [0.15, 0.2) is 42.0 Å². The van der Waals surface area contributed by atoms with Gasteiger partial charge in [-0.3, -0.25) is 0 Å². The molecule has 1 aromatic rings. The molecule has 1 aliphatic rings. The Hall–Kier alpha value is -0.0457. The summed E-state index contributed by atoms with van der Waals surface area (Å²) in [6, 6.07) is 8.45. The predicted octanol–water partition coefficient (Wildman–Crippen LogP) is -2.59. The van der Waals surface area contributed by atoms with Crippen LogP contribution in [0.2, 0.25) is 0 Å². The Kier molecular flexibility index (Phi) is 8.10. The Bertz CT molecular complexity index is 427. The van der Waals surface area contributed by atoms with E-state index in [0.29, 0.717) is 6.61 Å². The molecule has 0 heterocycles. The minimum Gasteiger partial charge on any atom is -1.00 e. The van der Waals surface area contributed by atoms with E-state index in [0.717, 1.165) is 6.42 Å². The van der Waals surface area contributed by atoms with E-state index in [1.807, 2.05) is 0 Å². The van der Waals surface area contributed by atoms with E-state index in [-0.39, 0.29) is 24.8 Å². The molecule has 0 aliphatic heterocycles. The first-order valence-electron chi connectivity index (χ1n) is 5.05. The SMILES string of the molecule is CC1=CCC(c2ccccc2C[O][Ti+2])=C1.[Cl-].[Cl-]. The van der Waals surface area contributed by atoms with Gasteiger partial charge in [-0.25, -0.2) is 0 Å². The zero-order valence-corrected chi connectivity index (χ0v) is 12.6. The van der Waals surface area contributed by atoms with Crippen LogP contribution in [0.4, 0.5) is 0 Å². The monoisotopic (exact) mass is 303 g/mol. The van der Waals surface area contributed by atoms with Crippen molar-refractivity contribution < 1.29 is 49.0 Å². The molecule has 0 amide bonds. The van der Waals surface area contributed by atoms with Gasteiger partial charge in [-0.1, -0.05) is 0 Å². The van der Waals surface area contributed by atoms with Crippen LogP contribution in [0.5, 0.6) is 0 Å². The van der Waals surface area contributed by atoms with Crippen LogP contribution < -0.4 is 24.8 Å². The van der Waals surface area contributed by atoms with Gasteiger partial charge >= 0.3 is 103 Å². The maximum atomic E-state index is 5.21. The van der Waals surface area contributed by atoms with Gasteiger partial charge in [-0.15, -0.1) is 0 Å². The summed E-state index contributed by atoms with van der Waals surface area (Å²) in [6.07, 6.45) is 5.57. The van der Waals surface area contributed by atoms with Crippen LogP contribution in [0.1, 0.15) is 24.5 Å². The first-order valence-corrected chi connectivity index (χ1v) is 5.69. The van der Waals surface area contributed by atoms with Crippen molar-refractivity contribution in [3.8, 4) is 0 Å². The van der Waals surface area contributed by atoms with Gasteiger partial charge in [0.25, 0.3) is 0 Å². The van der Waals surface area contributed by atoms with Gasteiger partial charge in [0.1, 0.15) is 0 Å². The minimum atomic E-state index is 0.